The highest BCUT2D eigenvalue weighted by Gasteiger charge is 2.30. The number of nitrogens with zero attached hydrogens (tertiary/aromatic N) is 1. The van der Waals surface area contributed by atoms with Crippen LogP contribution in [0.25, 0.3) is 0 Å². The molecule has 0 bridgehead atoms. The molecule has 2 aromatic rings. The molecule has 0 aliphatic rings. The van der Waals surface area contributed by atoms with Crippen molar-refractivity contribution in [3.8, 4) is 11.8 Å². The number of benzene rings is 2. The second-order valence-electron chi connectivity index (χ2n) is 5.27. The van der Waals surface area contributed by atoms with Gasteiger partial charge in [-0.15, -0.1) is 0 Å². The number of carbonyl (C=O) groups is 1. The Labute approximate surface area is 142 Å². The molecule has 0 aliphatic carbocycles. The van der Waals surface area contributed by atoms with Crippen molar-refractivity contribution in [1.29, 1.82) is 5.26 Å². The number of halogens is 3. The Balaban J connectivity index is 2.14. The van der Waals surface area contributed by atoms with Gasteiger partial charge in [0.2, 0.25) is 5.91 Å². The second kappa shape index (κ2) is 7.71. The van der Waals surface area contributed by atoms with E-state index in [1.807, 2.05) is 6.07 Å². The van der Waals surface area contributed by atoms with Crippen LogP contribution in [0.2, 0.25) is 0 Å². The summed E-state index contributed by atoms with van der Waals surface area (Å²) in [4.78, 5) is 12.3. The van der Waals surface area contributed by atoms with E-state index >= 15 is 0 Å². The van der Waals surface area contributed by atoms with Crippen molar-refractivity contribution in [2.24, 2.45) is 5.92 Å². The van der Waals surface area contributed by atoms with E-state index in [9.17, 15) is 23.2 Å². The highest BCUT2D eigenvalue weighted by atomic mass is 19.4. The SMILES string of the molecule is COc1ccccc1C[C@H](C#N)C(=O)Nc1cccc(C(F)(F)F)c1. The third-order valence-corrected chi connectivity index (χ3v) is 3.55. The zero-order valence-corrected chi connectivity index (χ0v) is 13.3. The minimum atomic E-state index is -4.51. The van der Waals surface area contributed by atoms with E-state index in [2.05, 4.69) is 5.32 Å². The van der Waals surface area contributed by atoms with Crippen LogP contribution in [0, 0.1) is 17.2 Å². The zero-order chi connectivity index (χ0) is 18.4. The molecule has 0 spiro atoms. The fraction of sp³-hybridized carbons (Fsp3) is 0.222. The van der Waals surface area contributed by atoms with Gasteiger partial charge in [0.25, 0.3) is 0 Å². The standard InChI is InChI=1S/C18H15F3N2O2/c1-25-16-8-3-2-5-12(16)9-13(11-22)17(24)23-15-7-4-6-14(10-15)18(19,20)21/h2-8,10,13H,9H2,1H3,(H,23,24)/t13-/m1/s1. The number of para-hydroxylation sites is 1. The summed E-state index contributed by atoms with van der Waals surface area (Å²) in [6.45, 7) is 0. The maximum absolute atomic E-state index is 12.7. The molecule has 2 rings (SSSR count). The number of nitriles is 1. The Hall–Kier alpha value is -3.01. The molecule has 4 nitrogen and oxygen atoms in total. The van der Waals surface area contributed by atoms with Crippen LogP contribution in [0.4, 0.5) is 18.9 Å². The summed E-state index contributed by atoms with van der Waals surface area (Å²) in [5.74, 6) is -1.20. The fourth-order valence-electron chi connectivity index (χ4n) is 2.29. The molecule has 1 N–H and O–H groups in total. The Morgan fingerprint density at radius 2 is 1.96 bits per heavy atom. The molecule has 0 saturated carbocycles. The van der Waals surface area contributed by atoms with Crippen LogP contribution < -0.4 is 10.1 Å². The topological polar surface area (TPSA) is 62.1 Å². The number of anilines is 1. The van der Waals surface area contributed by atoms with Crippen LogP contribution in [0.1, 0.15) is 11.1 Å². The quantitative estimate of drug-likeness (QED) is 0.887. The van der Waals surface area contributed by atoms with E-state index in [1.165, 1.54) is 19.2 Å². The van der Waals surface area contributed by atoms with Gasteiger partial charge in [0, 0.05) is 12.1 Å². The maximum atomic E-state index is 12.7. The van der Waals surface area contributed by atoms with Crippen molar-refractivity contribution in [1.82, 2.24) is 0 Å². The normalized spacial score (nSPS) is 12.1. The summed E-state index contributed by atoms with van der Waals surface area (Å²) in [6, 6.07) is 13.1. The first-order chi connectivity index (χ1) is 11.8. The molecule has 2 aromatic carbocycles. The number of rotatable bonds is 5. The number of methoxy groups -OCH3 is 1. The summed E-state index contributed by atoms with van der Waals surface area (Å²) < 4.78 is 43.3. The van der Waals surface area contributed by atoms with Crippen molar-refractivity contribution >= 4 is 11.6 Å². The number of nitrogens with one attached hydrogen (secondary N) is 1. The predicted molar refractivity (Wildman–Crippen MR) is 85.9 cm³/mol. The van der Waals surface area contributed by atoms with Crippen LogP contribution in [0.3, 0.4) is 0 Å². The molecule has 0 aromatic heterocycles. The average molecular weight is 348 g/mol. The number of hydrogen-bond acceptors (Lipinski definition) is 3. The van der Waals surface area contributed by atoms with Crippen LogP contribution in [0.5, 0.6) is 5.75 Å². The molecule has 0 fully saturated rings. The molecule has 0 heterocycles. The van der Waals surface area contributed by atoms with Gasteiger partial charge in [0.15, 0.2) is 0 Å². The first-order valence-electron chi connectivity index (χ1n) is 7.34. The Morgan fingerprint density at radius 3 is 2.60 bits per heavy atom. The van der Waals surface area contributed by atoms with Gasteiger partial charge < -0.3 is 10.1 Å². The van der Waals surface area contributed by atoms with Crippen molar-refractivity contribution in [3.63, 3.8) is 0 Å². The molecule has 130 valence electrons. The van der Waals surface area contributed by atoms with Crippen LogP contribution in [-0.2, 0) is 17.4 Å². The van der Waals surface area contributed by atoms with Gasteiger partial charge in [-0.1, -0.05) is 24.3 Å². The van der Waals surface area contributed by atoms with Gasteiger partial charge in [0.05, 0.1) is 18.7 Å². The summed E-state index contributed by atoms with van der Waals surface area (Å²) >= 11 is 0. The van der Waals surface area contributed by atoms with E-state index in [1.54, 1.807) is 24.3 Å². The lowest BCUT2D eigenvalue weighted by Crippen LogP contribution is -2.23. The van der Waals surface area contributed by atoms with Crippen molar-refractivity contribution in [2.75, 3.05) is 12.4 Å². The molecule has 1 amide bonds. The maximum Gasteiger partial charge on any atom is 0.416 e. The van der Waals surface area contributed by atoms with Gasteiger partial charge in [-0.05, 0) is 29.8 Å². The van der Waals surface area contributed by atoms with E-state index < -0.39 is 23.6 Å². The van der Waals surface area contributed by atoms with Crippen molar-refractivity contribution in [2.45, 2.75) is 12.6 Å². The van der Waals surface area contributed by atoms with Gasteiger partial charge in [-0.25, -0.2) is 0 Å². The summed E-state index contributed by atoms with van der Waals surface area (Å²) in [5, 5.41) is 11.6. The first kappa shape index (κ1) is 18.3. The van der Waals surface area contributed by atoms with E-state index in [0.29, 0.717) is 11.3 Å². The highest BCUT2D eigenvalue weighted by molar-refractivity contribution is 5.94. The number of carbonyl (C=O) groups excluding carboxylic acids is 1. The van der Waals surface area contributed by atoms with Crippen LogP contribution >= 0.6 is 0 Å². The lowest BCUT2D eigenvalue weighted by atomic mass is 9.99. The first-order valence-corrected chi connectivity index (χ1v) is 7.34. The minimum Gasteiger partial charge on any atom is -0.496 e. The molecule has 7 heteroatoms. The molecular formula is C18H15F3N2O2. The number of hydrogen-bond donors (Lipinski definition) is 1. The van der Waals surface area contributed by atoms with E-state index in [0.717, 1.165) is 12.1 Å². The number of alkyl halides is 3. The monoisotopic (exact) mass is 348 g/mol. The lowest BCUT2D eigenvalue weighted by molar-refractivity contribution is -0.137. The fourth-order valence-corrected chi connectivity index (χ4v) is 2.29. The highest BCUT2D eigenvalue weighted by Crippen LogP contribution is 2.31. The van der Waals surface area contributed by atoms with Gasteiger partial charge in [-0.3, -0.25) is 4.79 Å². The third-order valence-electron chi connectivity index (χ3n) is 3.55. The molecular weight excluding hydrogens is 333 g/mol. The Morgan fingerprint density at radius 1 is 1.24 bits per heavy atom. The average Bonchev–Trinajstić information content (AvgIpc) is 2.59. The molecule has 25 heavy (non-hydrogen) atoms. The zero-order valence-electron chi connectivity index (χ0n) is 13.3. The van der Waals surface area contributed by atoms with E-state index in [4.69, 9.17) is 4.74 Å². The molecule has 0 radical (unpaired) electrons. The Bertz CT molecular complexity index is 797. The summed E-state index contributed by atoms with van der Waals surface area (Å²) in [7, 11) is 1.48. The summed E-state index contributed by atoms with van der Waals surface area (Å²) in [5.41, 5.74) is -0.223. The molecule has 0 saturated heterocycles. The van der Waals surface area contributed by atoms with Gasteiger partial charge in [0.1, 0.15) is 11.7 Å². The van der Waals surface area contributed by atoms with Crippen LogP contribution in [0.15, 0.2) is 48.5 Å². The predicted octanol–water partition coefficient (Wildman–Crippen LogP) is 4.03. The second-order valence-corrected chi connectivity index (χ2v) is 5.27. The van der Waals surface area contributed by atoms with E-state index in [-0.39, 0.29) is 12.1 Å². The minimum absolute atomic E-state index is 0.0138. The molecule has 1 atom stereocenters. The van der Waals surface area contributed by atoms with Crippen LogP contribution in [-0.4, -0.2) is 13.0 Å². The number of ether oxygens (including phenoxy) is 1. The van der Waals surface area contributed by atoms with Crippen molar-refractivity contribution < 1.29 is 22.7 Å². The molecule has 0 aliphatic heterocycles. The summed E-state index contributed by atoms with van der Waals surface area (Å²) in [6.07, 6.45) is -4.42. The molecule has 0 unspecified atom stereocenters. The number of amides is 1. The smallest absolute Gasteiger partial charge is 0.416 e. The third kappa shape index (κ3) is 4.73. The van der Waals surface area contributed by atoms with Gasteiger partial charge >= 0.3 is 6.18 Å². The van der Waals surface area contributed by atoms with Gasteiger partial charge in [-0.2, -0.15) is 18.4 Å². The largest absolute Gasteiger partial charge is 0.496 e. The lowest BCUT2D eigenvalue weighted by Gasteiger charge is -2.14. The Kier molecular flexibility index (Phi) is 5.65. The van der Waals surface area contributed by atoms with Crippen molar-refractivity contribution in [3.05, 3.63) is 59.7 Å².